The molecular weight excluding hydrogens is 236 g/mol. The maximum Gasteiger partial charge on any atom is 0.0212 e. The molecule has 0 unspecified atom stereocenters. The summed E-state index contributed by atoms with van der Waals surface area (Å²) in [5, 5.41) is 0. The minimum atomic E-state index is 0.258. The van der Waals surface area contributed by atoms with Crippen molar-refractivity contribution in [2.75, 3.05) is 0 Å². The molecular formula is C13H19Br. The third-order valence-electron chi connectivity index (χ3n) is 2.52. The van der Waals surface area contributed by atoms with Gasteiger partial charge in [0, 0.05) is 4.47 Å². The summed E-state index contributed by atoms with van der Waals surface area (Å²) in [7, 11) is 0. The van der Waals surface area contributed by atoms with Crippen LogP contribution in [0.4, 0.5) is 0 Å². The topological polar surface area (TPSA) is 0 Å². The van der Waals surface area contributed by atoms with Gasteiger partial charge in [0.15, 0.2) is 0 Å². The molecule has 0 aliphatic carbocycles. The highest BCUT2D eigenvalue weighted by atomic mass is 79.9. The molecule has 0 saturated carbocycles. The van der Waals surface area contributed by atoms with Crippen molar-refractivity contribution in [1.29, 1.82) is 0 Å². The van der Waals surface area contributed by atoms with Gasteiger partial charge in [-0.1, -0.05) is 61.8 Å². The number of halogens is 1. The minimum Gasteiger partial charge on any atom is -0.0627 e. The molecule has 1 heteroatoms. The van der Waals surface area contributed by atoms with E-state index in [0.29, 0.717) is 0 Å². The lowest BCUT2D eigenvalue weighted by molar-refractivity contribution is 0.398. The fourth-order valence-electron chi connectivity index (χ4n) is 2.14. The van der Waals surface area contributed by atoms with Gasteiger partial charge in [-0.05, 0) is 29.4 Å². The smallest absolute Gasteiger partial charge is 0.0212 e. The molecule has 0 nitrogen and oxygen atoms in total. The summed E-state index contributed by atoms with van der Waals surface area (Å²) < 4.78 is 1.23. The molecule has 0 atom stereocenters. The van der Waals surface area contributed by atoms with Crippen molar-refractivity contribution in [2.24, 2.45) is 5.92 Å². The summed E-state index contributed by atoms with van der Waals surface area (Å²) in [6.45, 7) is 9.18. The second-order valence-electron chi connectivity index (χ2n) is 4.96. The zero-order chi connectivity index (χ0) is 10.8. The molecule has 0 N–H and O–H groups in total. The van der Waals surface area contributed by atoms with E-state index in [-0.39, 0.29) is 5.41 Å². The van der Waals surface area contributed by atoms with Crippen molar-refractivity contribution >= 4 is 15.9 Å². The number of rotatable bonds is 3. The molecule has 0 aromatic heterocycles. The largest absolute Gasteiger partial charge is 0.0627 e. The molecule has 0 fully saturated rings. The highest BCUT2D eigenvalue weighted by Crippen LogP contribution is 2.34. The van der Waals surface area contributed by atoms with E-state index in [0.717, 1.165) is 5.92 Å². The molecule has 0 amide bonds. The van der Waals surface area contributed by atoms with Crippen LogP contribution in [0.25, 0.3) is 0 Å². The second-order valence-corrected chi connectivity index (χ2v) is 5.82. The van der Waals surface area contributed by atoms with Crippen molar-refractivity contribution in [3.8, 4) is 0 Å². The van der Waals surface area contributed by atoms with Gasteiger partial charge in [-0.3, -0.25) is 0 Å². The average Bonchev–Trinajstić information content (AvgIpc) is 2.02. The van der Waals surface area contributed by atoms with E-state index in [4.69, 9.17) is 0 Å². The highest BCUT2D eigenvalue weighted by Gasteiger charge is 2.23. The predicted octanol–water partition coefficient (Wildman–Crippen LogP) is 4.77. The van der Waals surface area contributed by atoms with Crippen LogP contribution in [0.15, 0.2) is 28.7 Å². The molecule has 1 aromatic rings. The monoisotopic (exact) mass is 254 g/mol. The van der Waals surface area contributed by atoms with Gasteiger partial charge in [-0.25, -0.2) is 0 Å². The SMILES string of the molecule is CC(C)CC(C)(C)c1ccccc1Br. The lowest BCUT2D eigenvalue weighted by atomic mass is 9.78. The molecule has 0 spiro atoms. The van der Waals surface area contributed by atoms with Crippen molar-refractivity contribution < 1.29 is 0 Å². The fraction of sp³-hybridized carbons (Fsp3) is 0.538. The van der Waals surface area contributed by atoms with Crippen LogP contribution < -0.4 is 0 Å². The third-order valence-corrected chi connectivity index (χ3v) is 3.21. The van der Waals surface area contributed by atoms with Gasteiger partial charge in [0.05, 0.1) is 0 Å². The summed E-state index contributed by atoms with van der Waals surface area (Å²) in [5.74, 6) is 0.733. The van der Waals surface area contributed by atoms with E-state index >= 15 is 0 Å². The standard InChI is InChI=1S/C13H19Br/c1-10(2)9-13(3,4)11-7-5-6-8-12(11)14/h5-8,10H,9H2,1-4H3. The first kappa shape index (κ1) is 11.8. The van der Waals surface area contributed by atoms with Crippen LogP contribution in [0.3, 0.4) is 0 Å². The van der Waals surface area contributed by atoms with E-state index in [9.17, 15) is 0 Å². The Morgan fingerprint density at radius 2 is 1.79 bits per heavy atom. The van der Waals surface area contributed by atoms with E-state index in [1.165, 1.54) is 16.5 Å². The van der Waals surface area contributed by atoms with Crippen LogP contribution in [-0.2, 0) is 5.41 Å². The normalized spacial score (nSPS) is 12.1. The fourth-order valence-corrected chi connectivity index (χ4v) is 2.96. The number of benzene rings is 1. The zero-order valence-corrected chi connectivity index (χ0v) is 11.1. The Labute approximate surface area is 95.9 Å². The van der Waals surface area contributed by atoms with Crippen LogP contribution in [0.1, 0.15) is 39.7 Å². The highest BCUT2D eigenvalue weighted by molar-refractivity contribution is 9.10. The van der Waals surface area contributed by atoms with Crippen molar-refractivity contribution in [2.45, 2.75) is 39.5 Å². The molecule has 78 valence electrons. The van der Waals surface area contributed by atoms with E-state index in [1.807, 2.05) is 0 Å². The summed E-state index contributed by atoms with van der Waals surface area (Å²) in [5.41, 5.74) is 1.67. The molecule has 0 heterocycles. The number of hydrogen-bond donors (Lipinski definition) is 0. The van der Waals surface area contributed by atoms with Crippen LogP contribution in [0.2, 0.25) is 0 Å². The zero-order valence-electron chi connectivity index (χ0n) is 9.47. The lowest BCUT2D eigenvalue weighted by Crippen LogP contribution is -2.20. The maximum atomic E-state index is 3.62. The molecule has 1 rings (SSSR count). The first-order valence-corrected chi connectivity index (χ1v) is 5.98. The van der Waals surface area contributed by atoms with Gasteiger partial charge >= 0.3 is 0 Å². The molecule has 0 saturated heterocycles. The van der Waals surface area contributed by atoms with Crippen LogP contribution in [-0.4, -0.2) is 0 Å². The Kier molecular flexibility index (Phi) is 3.77. The molecule has 0 radical (unpaired) electrons. The van der Waals surface area contributed by atoms with E-state index in [1.54, 1.807) is 0 Å². The summed E-state index contributed by atoms with van der Waals surface area (Å²) in [6.07, 6.45) is 1.22. The Morgan fingerprint density at radius 1 is 1.21 bits per heavy atom. The summed E-state index contributed by atoms with van der Waals surface area (Å²) in [6, 6.07) is 8.52. The summed E-state index contributed by atoms with van der Waals surface area (Å²) >= 11 is 3.62. The molecule has 0 bridgehead atoms. The quantitative estimate of drug-likeness (QED) is 0.729. The molecule has 14 heavy (non-hydrogen) atoms. The van der Waals surface area contributed by atoms with Gasteiger partial charge in [-0.2, -0.15) is 0 Å². The Bertz CT molecular complexity index is 300. The first-order chi connectivity index (χ1) is 6.43. The Morgan fingerprint density at radius 3 is 2.29 bits per heavy atom. The molecule has 0 aliphatic rings. The second kappa shape index (κ2) is 4.48. The molecule has 0 aliphatic heterocycles. The van der Waals surface area contributed by atoms with Gasteiger partial charge in [0.25, 0.3) is 0 Å². The van der Waals surface area contributed by atoms with Gasteiger partial charge in [0.1, 0.15) is 0 Å². The van der Waals surface area contributed by atoms with E-state index in [2.05, 4.69) is 67.9 Å². The van der Waals surface area contributed by atoms with Crippen LogP contribution in [0.5, 0.6) is 0 Å². The number of hydrogen-bond acceptors (Lipinski definition) is 0. The average molecular weight is 255 g/mol. The summed E-state index contributed by atoms with van der Waals surface area (Å²) in [4.78, 5) is 0. The van der Waals surface area contributed by atoms with Gasteiger partial charge < -0.3 is 0 Å². The third kappa shape index (κ3) is 2.84. The van der Waals surface area contributed by atoms with Crippen molar-refractivity contribution in [3.63, 3.8) is 0 Å². The van der Waals surface area contributed by atoms with Crippen molar-refractivity contribution in [3.05, 3.63) is 34.3 Å². The predicted molar refractivity (Wildman–Crippen MR) is 66.6 cm³/mol. The maximum absolute atomic E-state index is 3.62. The Balaban J connectivity index is 2.97. The van der Waals surface area contributed by atoms with Gasteiger partial charge in [0.2, 0.25) is 0 Å². The minimum absolute atomic E-state index is 0.258. The van der Waals surface area contributed by atoms with Crippen LogP contribution in [0, 0.1) is 5.92 Å². The van der Waals surface area contributed by atoms with Crippen LogP contribution >= 0.6 is 15.9 Å². The first-order valence-electron chi connectivity index (χ1n) is 5.18. The molecule has 1 aromatic carbocycles. The van der Waals surface area contributed by atoms with E-state index < -0.39 is 0 Å². The lowest BCUT2D eigenvalue weighted by Gasteiger charge is -2.28. The Hall–Kier alpha value is -0.300. The van der Waals surface area contributed by atoms with Crippen molar-refractivity contribution in [1.82, 2.24) is 0 Å². The van der Waals surface area contributed by atoms with Gasteiger partial charge in [-0.15, -0.1) is 0 Å².